The lowest BCUT2D eigenvalue weighted by Crippen LogP contribution is -2.44. The minimum Gasteiger partial charge on any atom is -0.497 e. The third-order valence-corrected chi connectivity index (χ3v) is 5.98. The van der Waals surface area contributed by atoms with Crippen molar-refractivity contribution in [1.29, 1.82) is 0 Å². The van der Waals surface area contributed by atoms with Crippen molar-refractivity contribution in [1.82, 2.24) is 30.2 Å². The molecule has 33 heavy (non-hydrogen) atoms. The Balaban J connectivity index is 1.49. The number of anilines is 2. The molecule has 0 unspecified atom stereocenters. The molecular formula is C21H26N8O3S. The van der Waals surface area contributed by atoms with Gasteiger partial charge in [0.05, 0.1) is 20.1 Å². The molecule has 0 saturated carbocycles. The number of methoxy groups -OCH3 is 1. The van der Waals surface area contributed by atoms with Gasteiger partial charge < -0.3 is 30.6 Å². The molecule has 1 fully saturated rings. The van der Waals surface area contributed by atoms with Crippen molar-refractivity contribution in [2.45, 2.75) is 32.5 Å². The standard InChI is InChI=1S/C21H26N8O3S/c1-12(2)29-11-25-16-17(22-8-13-4-6-14(32-3)7-5-13)27-20(28-18(16)29)24-10-23-19(30)15-9-33-21(31)26-15/h4-7,11-12,15H,8-10H2,1-3H3,(H,23,30)(H,26,31)(H2,22,24,27,28)/t15-/m1/s1. The Bertz CT molecular complexity index is 1150. The molecule has 0 radical (unpaired) electrons. The highest BCUT2D eigenvalue weighted by atomic mass is 32.2. The number of carbonyl (C=O) groups excluding carboxylic acids is 2. The molecule has 174 valence electrons. The summed E-state index contributed by atoms with van der Waals surface area (Å²) in [6, 6.07) is 7.39. The van der Waals surface area contributed by atoms with Gasteiger partial charge in [0.25, 0.3) is 5.24 Å². The van der Waals surface area contributed by atoms with E-state index in [2.05, 4.69) is 50.1 Å². The van der Waals surface area contributed by atoms with E-state index in [9.17, 15) is 9.59 Å². The number of hydrogen-bond donors (Lipinski definition) is 4. The number of hydrogen-bond acceptors (Lipinski definition) is 9. The largest absolute Gasteiger partial charge is 0.497 e. The van der Waals surface area contributed by atoms with Gasteiger partial charge in [-0.1, -0.05) is 23.9 Å². The summed E-state index contributed by atoms with van der Waals surface area (Å²) < 4.78 is 7.17. The van der Waals surface area contributed by atoms with Gasteiger partial charge >= 0.3 is 0 Å². The molecule has 1 aromatic carbocycles. The number of thioether (sulfide) groups is 1. The second-order valence-corrected chi connectivity index (χ2v) is 8.70. The first-order valence-corrected chi connectivity index (χ1v) is 11.5. The molecule has 1 aliphatic rings. The quantitative estimate of drug-likeness (QED) is 0.348. The smallest absolute Gasteiger partial charge is 0.279 e. The van der Waals surface area contributed by atoms with E-state index >= 15 is 0 Å². The van der Waals surface area contributed by atoms with E-state index in [0.29, 0.717) is 35.2 Å². The highest BCUT2D eigenvalue weighted by molar-refractivity contribution is 8.14. The highest BCUT2D eigenvalue weighted by Gasteiger charge is 2.27. The Labute approximate surface area is 195 Å². The molecular weight excluding hydrogens is 444 g/mol. The molecule has 0 bridgehead atoms. The average molecular weight is 471 g/mol. The van der Waals surface area contributed by atoms with Crippen molar-refractivity contribution in [2.24, 2.45) is 0 Å². The van der Waals surface area contributed by atoms with Crippen LogP contribution in [0.4, 0.5) is 16.6 Å². The van der Waals surface area contributed by atoms with Gasteiger partial charge in [0.2, 0.25) is 11.9 Å². The number of carbonyl (C=O) groups is 2. The fourth-order valence-corrected chi connectivity index (χ4v) is 4.06. The molecule has 2 amide bonds. The molecule has 2 aromatic heterocycles. The molecule has 3 heterocycles. The number of fused-ring (bicyclic) bond motifs is 1. The fraction of sp³-hybridized carbons (Fsp3) is 0.381. The van der Waals surface area contributed by atoms with Crippen molar-refractivity contribution in [2.75, 3.05) is 30.2 Å². The van der Waals surface area contributed by atoms with Crippen molar-refractivity contribution in [3.63, 3.8) is 0 Å². The molecule has 1 saturated heterocycles. The van der Waals surface area contributed by atoms with Crippen LogP contribution in [-0.2, 0) is 11.3 Å². The maximum atomic E-state index is 12.2. The average Bonchev–Trinajstić information content (AvgIpc) is 3.44. The van der Waals surface area contributed by atoms with Crippen LogP contribution < -0.4 is 26.0 Å². The van der Waals surface area contributed by atoms with Gasteiger partial charge in [-0.05, 0) is 31.5 Å². The van der Waals surface area contributed by atoms with Gasteiger partial charge in [-0.3, -0.25) is 9.59 Å². The summed E-state index contributed by atoms with van der Waals surface area (Å²) in [5.41, 5.74) is 2.41. The topological polar surface area (TPSA) is 135 Å². The lowest BCUT2D eigenvalue weighted by atomic mass is 10.2. The zero-order valence-corrected chi connectivity index (χ0v) is 19.4. The summed E-state index contributed by atoms with van der Waals surface area (Å²) in [6.07, 6.45) is 1.74. The lowest BCUT2D eigenvalue weighted by molar-refractivity contribution is -0.122. The monoisotopic (exact) mass is 470 g/mol. The summed E-state index contributed by atoms with van der Waals surface area (Å²) in [4.78, 5) is 37.2. The van der Waals surface area contributed by atoms with Crippen LogP contribution in [0, 0.1) is 0 Å². The zero-order chi connectivity index (χ0) is 23.4. The summed E-state index contributed by atoms with van der Waals surface area (Å²) in [5.74, 6) is 1.89. The number of amides is 2. The number of benzene rings is 1. The van der Waals surface area contributed by atoms with Gasteiger partial charge in [-0.2, -0.15) is 9.97 Å². The molecule has 4 N–H and O–H groups in total. The minimum absolute atomic E-state index is 0.120. The highest BCUT2D eigenvalue weighted by Crippen LogP contribution is 2.24. The molecule has 11 nitrogen and oxygen atoms in total. The van der Waals surface area contributed by atoms with Crippen molar-refractivity contribution in [3.05, 3.63) is 36.2 Å². The summed E-state index contributed by atoms with van der Waals surface area (Å²) in [6.45, 7) is 4.76. The van der Waals surface area contributed by atoms with Gasteiger partial charge in [0.1, 0.15) is 11.8 Å². The van der Waals surface area contributed by atoms with E-state index in [1.807, 2.05) is 28.8 Å². The SMILES string of the molecule is COc1ccc(CNc2nc(NCNC(=O)[C@H]3CSC(=O)N3)nc3c2ncn3C(C)C)cc1. The predicted octanol–water partition coefficient (Wildman–Crippen LogP) is 2.34. The summed E-state index contributed by atoms with van der Waals surface area (Å²) >= 11 is 1.10. The van der Waals surface area contributed by atoms with E-state index in [4.69, 9.17) is 4.74 Å². The number of imidazole rings is 1. The number of rotatable bonds is 9. The van der Waals surface area contributed by atoms with E-state index in [1.165, 1.54) is 0 Å². The van der Waals surface area contributed by atoms with Gasteiger partial charge in [-0.15, -0.1) is 0 Å². The van der Waals surface area contributed by atoms with E-state index in [-0.39, 0.29) is 23.9 Å². The maximum Gasteiger partial charge on any atom is 0.279 e. The van der Waals surface area contributed by atoms with Crippen molar-refractivity contribution >= 4 is 45.8 Å². The van der Waals surface area contributed by atoms with Crippen LogP contribution in [0.15, 0.2) is 30.6 Å². The number of ether oxygens (including phenoxy) is 1. The first kappa shape index (κ1) is 22.6. The van der Waals surface area contributed by atoms with Gasteiger partial charge in [0, 0.05) is 18.3 Å². The van der Waals surface area contributed by atoms with Crippen LogP contribution in [0.25, 0.3) is 11.2 Å². The molecule has 0 spiro atoms. The van der Waals surface area contributed by atoms with E-state index < -0.39 is 6.04 Å². The first-order valence-electron chi connectivity index (χ1n) is 10.5. The Morgan fingerprint density at radius 1 is 1.27 bits per heavy atom. The second kappa shape index (κ2) is 9.94. The molecule has 1 aliphatic heterocycles. The summed E-state index contributed by atoms with van der Waals surface area (Å²) in [7, 11) is 1.63. The van der Waals surface area contributed by atoms with Crippen LogP contribution in [-0.4, -0.2) is 56.2 Å². The van der Waals surface area contributed by atoms with Gasteiger partial charge in [0.15, 0.2) is 17.0 Å². The Morgan fingerprint density at radius 3 is 2.73 bits per heavy atom. The fourth-order valence-electron chi connectivity index (χ4n) is 3.29. The number of nitrogens with zero attached hydrogens (tertiary/aromatic N) is 4. The minimum atomic E-state index is -0.531. The second-order valence-electron chi connectivity index (χ2n) is 7.71. The van der Waals surface area contributed by atoms with Crippen LogP contribution in [0.2, 0.25) is 0 Å². The molecule has 0 aliphatic carbocycles. The summed E-state index contributed by atoms with van der Waals surface area (Å²) in [5, 5.41) is 11.6. The van der Waals surface area contributed by atoms with Gasteiger partial charge in [-0.25, -0.2) is 4.98 Å². The first-order chi connectivity index (χ1) is 15.9. The maximum absolute atomic E-state index is 12.2. The lowest BCUT2D eigenvalue weighted by Gasteiger charge is -2.14. The molecule has 12 heteroatoms. The van der Waals surface area contributed by atoms with E-state index in [1.54, 1.807) is 13.4 Å². The van der Waals surface area contributed by atoms with E-state index in [0.717, 1.165) is 23.1 Å². The van der Waals surface area contributed by atoms with Crippen LogP contribution in [0.3, 0.4) is 0 Å². The molecule has 3 aromatic rings. The third-order valence-electron chi connectivity index (χ3n) is 5.10. The third kappa shape index (κ3) is 5.28. The normalized spacial score (nSPS) is 15.5. The Hall–Kier alpha value is -3.54. The Kier molecular flexibility index (Phi) is 6.82. The van der Waals surface area contributed by atoms with Crippen molar-refractivity contribution < 1.29 is 14.3 Å². The predicted molar refractivity (Wildman–Crippen MR) is 127 cm³/mol. The zero-order valence-electron chi connectivity index (χ0n) is 18.6. The van der Waals surface area contributed by atoms with Crippen LogP contribution in [0.5, 0.6) is 5.75 Å². The molecule has 1 atom stereocenters. The van der Waals surface area contributed by atoms with Crippen LogP contribution in [0.1, 0.15) is 25.5 Å². The number of aromatic nitrogens is 4. The van der Waals surface area contributed by atoms with Crippen LogP contribution >= 0.6 is 11.8 Å². The Morgan fingerprint density at radius 2 is 2.06 bits per heavy atom. The molecule has 4 rings (SSSR count). The van der Waals surface area contributed by atoms with Crippen molar-refractivity contribution in [3.8, 4) is 5.75 Å². The number of nitrogens with one attached hydrogen (secondary N) is 4.